The molecule has 0 unspecified atom stereocenters. The number of nitrogens with zero attached hydrogens (tertiary/aromatic N) is 1. The Balaban J connectivity index is 3.52. The number of nitro groups is 1. The van der Waals surface area contributed by atoms with Crippen LogP contribution in [0.5, 0.6) is 0 Å². The van der Waals surface area contributed by atoms with E-state index in [-0.39, 0.29) is 5.02 Å². The average molecular weight is 216 g/mol. The molecular formula is C8H6ClNO4. The Kier molecular flexibility index (Phi) is 2.71. The SMILES string of the molecule is Cc1cc(Cl)c(C(=O)O)c([N+](=O)[O-])c1. The van der Waals surface area contributed by atoms with Crippen LogP contribution in [0.4, 0.5) is 5.69 Å². The summed E-state index contributed by atoms with van der Waals surface area (Å²) in [5.41, 5.74) is -0.406. The van der Waals surface area contributed by atoms with Crippen LogP contribution in [0.1, 0.15) is 15.9 Å². The van der Waals surface area contributed by atoms with Crippen LogP contribution in [0.15, 0.2) is 12.1 Å². The third-order valence-electron chi connectivity index (χ3n) is 1.62. The second kappa shape index (κ2) is 3.63. The summed E-state index contributed by atoms with van der Waals surface area (Å²) >= 11 is 5.59. The van der Waals surface area contributed by atoms with E-state index in [9.17, 15) is 14.9 Å². The van der Waals surface area contributed by atoms with Crippen molar-refractivity contribution in [3.05, 3.63) is 38.4 Å². The third-order valence-corrected chi connectivity index (χ3v) is 1.92. The largest absolute Gasteiger partial charge is 0.477 e. The Morgan fingerprint density at radius 1 is 1.57 bits per heavy atom. The zero-order valence-electron chi connectivity index (χ0n) is 7.15. The molecular weight excluding hydrogens is 210 g/mol. The van der Waals surface area contributed by atoms with Crippen LogP contribution in [-0.2, 0) is 0 Å². The summed E-state index contributed by atoms with van der Waals surface area (Å²) in [4.78, 5) is 20.4. The summed E-state index contributed by atoms with van der Waals surface area (Å²) in [5, 5.41) is 19.1. The molecule has 0 amide bonds. The van der Waals surface area contributed by atoms with Crippen LogP contribution >= 0.6 is 11.6 Å². The molecule has 0 saturated heterocycles. The van der Waals surface area contributed by atoms with Crippen LogP contribution in [0, 0.1) is 17.0 Å². The van der Waals surface area contributed by atoms with E-state index >= 15 is 0 Å². The Morgan fingerprint density at radius 2 is 2.14 bits per heavy atom. The van der Waals surface area contributed by atoms with Crippen molar-refractivity contribution in [2.24, 2.45) is 0 Å². The zero-order valence-corrected chi connectivity index (χ0v) is 7.91. The molecule has 74 valence electrons. The molecule has 0 radical (unpaired) electrons. The van der Waals surface area contributed by atoms with Gasteiger partial charge in [-0.1, -0.05) is 11.6 Å². The number of benzene rings is 1. The van der Waals surface area contributed by atoms with Gasteiger partial charge in [0.15, 0.2) is 5.56 Å². The first-order valence-corrected chi connectivity index (χ1v) is 3.99. The van der Waals surface area contributed by atoms with Crippen molar-refractivity contribution in [3.63, 3.8) is 0 Å². The van der Waals surface area contributed by atoms with Crippen LogP contribution in [0.25, 0.3) is 0 Å². The van der Waals surface area contributed by atoms with E-state index in [1.54, 1.807) is 6.92 Å². The maximum Gasteiger partial charge on any atom is 0.344 e. The number of carboxylic acid groups (broad SMARTS) is 1. The van der Waals surface area contributed by atoms with E-state index in [0.29, 0.717) is 5.56 Å². The Morgan fingerprint density at radius 3 is 2.57 bits per heavy atom. The second-order valence-corrected chi connectivity index (χ2v) is 3.11. The van der Waals surface area contributed by atoms with E-state index in [4.69, 9.17) is 16.7 Å². The van der Waals surface area contributed by atoms with E-state index in [1.807, 2.05) is 0 Å². The van der Waals surface area contributed by atoms with Crippen molar-refractivity contribution in [3.8, 4) is 0 Å². The molecule has 0 bridgehead atoms. The lowest BCUT2D eigenvalue weighted by atomic mass is 10.1. The van der Waals surface area contributed by atoms with Gasteiger partial charge < -0.3 is 5.11 Å². The first-order chi connectivity index (χ1) is 6.43. The van der Waals surface area contributed by atoms with E-state index < -0.39 is 22.1 Å². The minimum Gasteiger partial charge on any atom is -0.477 e. The van der Waals surface area contributed by atoms with Crippen LogP contribution < -0.4 is 0 Å². The van der Waals surface area contributed by atoms with Gasteiger partial charge >= 0.3 is 5.97 Å². The molecule has 0 atom stereocenters. The smallest absolute Gasteiger partial charge is 0.344 e. The predicted molar refractivity (Wildman–Crippen MR) is 49.8 cm³/mol. The lowest BCUT2D eigenvalue weighted by Gasteiger charge is -2.01. The Bertz CT molecular complexity index is 416. The summed E-state index contributed by atoms with van der Waals surface area (Å²) < 4.78 is 0. The topological polar surface area (TPSA) is 80.4 Å². The quantitative estimate of drug-likeness (QED) is 0.606. The molecule has 5 nitrogen and oxygen atoms in total. The summed E-state index contributed by atoms with van der Waals surface area (Å²) in [6.45, 7) is 1.60. The van der Waals surface area contributed by atoms with Gasteiger partial charge in [0.1, 0.15) is 0 Å². The number of hydrogen-bond acceptors (Lipinski definition) is 3. The van der Waals surface area contributed by atoms with Gasteiger partial charge in [-0.05, 0) is 18.6 Å². The Labute approximate surface area is 84.1 Å². The van der Waals surface area contributed by atoms with Gasteiger partial charge in [-0.3, -0.25) is 10.1 Å². The molecule has 1 N–H and O–H groups in total. The van der Waals surface area contributed by atoms with Crippen molar-refractivity contribution in [1.29, 1.82) is 0 Å². The molecule has 0 aliphatic carbocycles. The minimum atomic E-state index is -1.40. The van der Waals surface area contributed by atoms with E-state index in [1.165, 1.54) is 12.1 Å². The zero-order chi connectivity index (χ0) is 10.9. The molecule has 6 heteroatoms. The van der Waals surface area contributed by atoms with Gasteiger partial charge in [0.2, 0.25) is 0 Å². The lowest BCUT2D eigenvalue weighted by Crippen LogP contribution is -2.04. The molecule has 1 aromatic rings. The fourth-order valence-corrected chi connectivity index (χ4v) is 1.43. The van der Waals surface area contributed by atoms with Crippen LogP contribution in [0.3, 0.4) is 0 Å². The number of hydrogen-bond donors (Lipinski definition) is 1. The number of halogens is 1. The van der Waals surface area contributed by atoms with Crippen molar-refractivity contribution >= 4 is 23.3 Å². The standard InChI is InChI=1S/C8H6ClNO4/c1-4-2-5(9)7(8(11)12)6(3-4)10(13)14/h2-3H,1H3,(H,11,12). The molecule has 0 saturated carbocycles. The minimum absolute atomic E-state index is 0.121. The number of aryl methyl sites for hydroxylation is 1. The fourth-order valence-electron chi connectivity index (χ4n) is 1.08. The van der Waals surface area contributed by atoms with Gasteiger partial charge in [-0.15, -0.1) is 0 Å². The van der Waals surface area contributed by atoms with E-state index in [2.05, 4.69) is 0 Å². The normalized spacial score (nSPS) is 9.86. The summed E-state index contributed by atoms with van der Waals surface area (Å²) in [5.74, 6) is -1.40. The molecule has 1 aromatic carbocycles. The monoisotopic (exact) mass is 215 g/mol. The highest BCUT2D eigenvalue weighted by molar-refractivity contribution is 6.34. The average Bonchev–Trinajstić information content (AvgIpc) is 2.01. The summed E-state index contributed by atoms with van der Waals surface area (Å²) in [6, 6.07) is 2.55. The van der Waals surface area contributed by atoms with Gasteiger partial charge in [0, 0.05) is 6.07 Å². The molecule has 0 aliphatic rings. The highest BCUT2D eigenvalue weighted by atomic mass is 35.5. The fraction of sp³-hybridized carbons (Fsp3) is 0.125. The van der Waals surface area contributed by atoms with Crippen molar-refractivity contribution in [2.75, 3.05) is 0 Å². The lowest BCUT2D eigenvalue weighted by molar-refractivity contribution is -0.385. The highest BCUT2D eigenvalue weighted by Gasteiger charge is 2.23. The van der Waals surface area contributed by atoms with Crippen molar-refractivity contribution in [1.82, 2.24) is 0 Å². The maximum absolute atomic E-state index is 10.7. The second-order valence-electron chi connectivity index (χ2n) is 2.70. The molecule has 1 rings (SSSR count). The predicted octanol–water partition coefficient (Wildman–Crippen LogP) is 2.25. The summed E-state index contributed by atoms with van der Waals surface area (Å²) in [6.07, 6.45) is 0. The molecule has 0 aliphatic heterocycles. The summed E-state index contributed by atoms with van der Waals surface area (Å²) in [7, 11) is 0. The molecule has 14 heavy (non-hydrogen) atoms. The Hall–Kier alpha value is -1.62. The van der Waals surface area contributed by atoms with Gasteiger partial charge in [0.05, 0.1) is 9.95 Å². The molecule has 0 aromatic heterocycles. The highest BCUT2D eigenvalue weighted by Crippen LogP contribution is 2.27. The number of aromatic carboxylic acids is 1. The van der Waals surface area contributed by atoms with Crippen molar-refractivity contribution < 1.29 is 14.8 Å². The first kappa shape index (κ1) is 10.5. The van der Waals surface area contributed by atoms with Crippen molar-refractivity contribution in [2.45, 2.75) is 6.92 Å². The number of nitro benzene ring substituents is 1. The molecule has 0 spiro atoms. The first-order valence-electron chi connectivity index (χ1n) is 3.61. The van der Waals surface area contributed by atoms with Gasteiger partial charge in [-0.2, -0.15) is 0 Å². The van der Waals surface area contributed by atoms with Gasteiger partial charge in [-0.25, -0.2) is 4.79 Å². The maximum atomic E-state index is 10.7. The van der Waals surface area contributed by atoms with Crippen LogP contribution in [-0.4, -0.2) is 16.0 Å². The van der Waals surface area contributed by atoms with Crippen LogP contribution in [0.2, 0.25) is 5.02 Å². The van der Waals surface area contributed by atoms with E-state index in [0.717, 1.165) is 0 Å². The molecule has 0 heterocycles. The van der Waals surface area contributed by atoms with Gasteiger partial charge in [0.25, 0.3) is 5.69 Å². The third kappa shape index (κ3) is 1.82. The molecule has 0 fully saturated rings. The number of carbonyl (C=O) groups is 1. The number of carboxylic acids is 1. The number of rotatable bonds is 2.